The van der Waals surface area contributed by atoms with Crippen molar-refractivity contribution in [2.75, 3.05) is 5.73 Å². The number of hydrogen-bond acceptors (Lipinski definition) is 3. The van der Waals surface area contributed by atoms with Gasteiger partial charge in [0.2, 0.25) is 0 Å². The lowest BCUT2D eigenvalue weighted by Crippen LogP contribution is -1.99. The van der Waals surface area contributed by atoms with Gasteiger partial charge in [-0.2, -0.15) is 0 Å². The van der Waals surface area contributed by atoms with Crippen LogP contribution in [0.5, 0.6) is 0 Å². The Morgan fingerprint density at radius 3 is 2.78 bits per heavy atom. The largest absolute Gasteiger partial charge is 0.381 e. The lowest BCUT2D eigenvalue weighted by molar-refractivity contribution is 0.434. The quantitative estimate of drug-likeness (QED) is 0.899. The smallest absolute Gasteiger partial charge is 0.173 e. The van der Waals surface area contributed by atoms with Gasteiger partial charge in [-0.15, -0.1) is 0 Å². The zero-order chi connectivity index (χ0) is 13.3. The molecule has 0 spiro atoms. The van der Waals surface area contributed by atoms with E-state index in [1.165, 1.54) is 0 Å². The topological polar surface area (TPSA) is 52.0 Å². The van der Waals surface area contributed by atoms with Gasteiger partial charge in [0.05, 0.1) is 0 Å². The molecule has 1 aromatic heterocycles. The van der Waals surface area contributed by atoms with Crippen LogP contribution in [0.25, 0.3) is 11.3 Å². The number of rotatable bonds is 3. The molecule has 1 aromatic carbocycles. The van der Waals surface area contributed by atoms with Crippen LogP contribution in [0.2, 0.25) is 5.02 Å². The van der Waals surface area contributed by atoms with Gasteiger partial charge in [-0.1, -0.05) is 30.6 Å². The summed E-state index contributed by atoms with van der Waals surface area (Å²) in [6, 6.07) is 5.55. The van der Waals surface area contributed by atoms with Crippen LogP contribution in [0, 0.1) is 5.92 Å². The number of benzene rings is 1. The Balaban J connectivity index is 2.50. The highest BCUT2D eigenvalue weighted by Crippen LogP contribution is 2.35. The third-order valence-electron chi connectivity index (χ3n) is 2.61. The molecule has 2 N–H and O–H groups in total. The molecule has 0 saturated heterocycles. The van der Waals surface area contributed by atoms with Gasteiger partial charge in [-0.3, -0.25) is 0 Å². The van der Waals surface area contributed by atoms with Crippen LogP contribution < -0.4 is 5.73 Å². The van der Waals surface area contributed by atoms with E-state index in [-0.39, 0.29) is 0 Å². The molecule has 0 atom stereocenters. The van der Waals surface area contributed by atoms with Crippen LogP contribution in [0.4, 0.5) is 5.82 Å². The van der Waals surface area contributed by atoms with Crippen molar-refractivity contribution < 1.29 is 4.52 Å². The Kier molecular flexibility index (Phi) is 3.97. The van der Waals surface area contributed by atoms with E-state index in [1.807, 2.05) is 18.2 Å². The van der Waals surface area contributed by atoms with Gasteiger partial charge in [0.15, 0.2) is 11.6 Å². The molecule has 0 fully saturated rings. The molecule has 0 radical (unpaired) electrons. The average molecular weight is 330 g/mol. The van der Waals surface area contributed by atoms with Crippen LogP contribution in [0.1, 0.15) is 19.4 Å². The fourth-order valence-electron chi connectivity index (χ4n) is 1.81. The molecule has 18 heavy (non-hydrogen) atoms. The second-order valence-corrected chi connectivity index (χ2v) is 5.89. The van der Waals surface area contributed by atoms with Gasteiger partial charge in [0.25, 0.3) is 0 Å². The molecule has 0 amide bonds. The molecule has 96 valence electrons. The summed E-state index contributed by atoms with van der Waals surface area (Å²) in [7, 11) is 0. The second-order valence-electron chi connectivity index (χ2n) is 4.60. The lowest BCUT2D eigenvalue weighted by atomic mass is 10.00. The third kappa shape index (κ3) is 2.70. The van der Waals surface area contributed by atoms with E-state index >= 15 is 0 Å². The summed E-state index contributed by atoms with van der Waals surface area (Å²) in [4.78, 5) is 0. The minimum absolute atomic E-state index is 0.459. The van der Waals surface area contributed by atoms with Gasteiger partial charge >= 0.3 is 0 Å². The van der Waals surface area contributed by atoms with E-state index in [4.69, 9.17) is 21.9 Å². The maximum absolute atomic E-state index is 5.93. The number of halogens is 2. The fraction of sp³-hybridized carbons (Fsp3) is 0.308. The predicted molar refractivity (Wildman–Crippen MR) is 77.6 cm³/mol. The van der Waals surface area contributed by atoms with Gasteiger partial charge in [-0.25, -0.2) is 0 Å². The first-order valence-electron chi connectivity index (χ1n) is 5.68. The van der Waals surface area contributed by atoms with E-state index in [9.17, 15) is 0 Å². The van der Waals surface area contributed by atoms with E-state index in [2.05, 4.69) is 34.9 Å². The van der Waals surface area contributed by atoms with Crippen molar-refractivity contribution in [3.63, 3.8) is 0 Å². The highest BCUT2D eigenvalue weighted by atomic mass is 79.9. The van der Waals surface area contributed by atoms with Crippen molar-refractivity contribution in [1.82, 2.24) is 5.16 Å². The molecule has 0 bridgehead atoms. The molecule has 5 heteroatoms. The Morgan fingerprint density at radius 1 is 1.44 bits per heavy atom. The normalized spacial score (nSPS) is 11.2. The maximum atomic E-state index is 5.93. The molecular formula is C13H14BrClN2O. The number of hydrogen-bond donors (Lipinski definition) is 1. The summed E-state index contributed by atoms with van der Waals surface area (Å²) in [5.74, 6) is 1.65. The molecular weight excluding hydrogens is 316 g/mol. The van der Waals surface area contributed by atoms with Crippen molar-refractivity contribution in [1.29, 1.82) is 0 Å². The summed E-state index contributed by atoms with van der Waals surface area (Å²) in [5, 5.41) is 4.53. The fourth-order valence-corrected chi connectivity index (χ4v) is 2.67. The summed E-state index contributed by atoms with van der Waals surface area (Å²) < 4.78 is 6.23. The van der Waals surface area contributed by atoms with E-state index < -0.39 is 0 Å². The number of aromatic nitrogens is 1. The first kappa shape index (κ1) is 13.4. The number of nitrogens with two attached hydrogens (primary N) is 1. The van der Waals surface area contributed by atoms with Crippen LogP contribution in [-0.2, 0) is 6.42 Å². The highest BCUT2D eigenvalue weighted by molar-refractivity contribution is 9.10. The van der Waals surface area contributed by atoms with E-state index in [0.717, 1.165) is 22.0 Å². The zero-order valence-electron chi connectivity index (χ0n) is 10.2. The van der Waals surface area contributed by atoms with Gasteiger partial charge in [0, 0.05) is 20.6 Å². The van der Waals surface area contributed by atoms with Crippen molar-refractivity contribution in [2.24, 2.45) is 5.92 Å². The molecule has 0 saturated carbocycles. The van der Waals surface area contributed by atoms with Crippen molar-refractivity contribution in [3.8, 4) is 11.3 Å². The summed E-state index contributed by atoms with van der Waals surface area (Å²) in [5.41, 5.74) is 7.73. The van der Waals surface area contributed by atoms with Gasteiger partial charge in [-0.05, 0) is 46.5 Å². The highest BCUT2D eigenvalue weighted by Gasteiger charge is 2.18. The zero-order valence-corrected chi connectivity index (χ0v) is 12.5. The standard InChI is InChI=1S/C13H14BrClN2O/c1-7(2)5-10-12(18-17-13(10)16)9-4-3-8(15)6-11(9)14/h3-4,6-7H,5H2,1-2H3,(H2,16,17). The minimum Gasteiger partial charge on any atom is -0.381 e. The number of nitrogen functional groups attached to an aromatic ring is 1. The summed E-state index contributed by atoms with van der Waals surface area (Å²) in [6.45, 7) is 4.26. The molecule has 1 heterocycles. The molecule has 0 aliphatic carbocycles. The predicted octanol–water partition coefficient (Wildman–Crippen LogP) is 4.54. The van der Waals surface area contributed by atoms with Gasteiger partial charge < -0.3 is 10.3 Å². The monoisotopic (exact) mass is 328 g/mol. The minimum atomic E-state index is 0.459. The Labute approximate surface area is 119 Å². The summed E-state index contributed by atoms with van der Waals surface area (Å²) in [6.07, 6.45) is 0.833. The molecule has 0 aliphatic rings. The SMILES string of the molecule is CC(C)Cc1c(N)noc1-c1ccc(Cl)cc1Br. The molecule has 0 unspecified atom stereocenters. The molecule has 3 nitrogen and oxygen atoms in total. The maximum Gasteiger partial charge on any atom is 0.173 e. The van der Waals surface area contributed by atoms with Gasteiger partial charge in [0.1, 0.15) is 0 Å². The van der Waals surface area contributed by atoms with Crippen molar-refractivity contribution >= 4 is 33.3 Å². The molecule has 2 rings (SSSR count). The Bertz CT molecular complexity index is 566. The Morgan fingerprint density at radius 2 is 2.17 bits per heavy atom. The molecule has 0 aliphatic heterocycles. The molecule has 2 aromatic rings. The average Bonchev–Trinajstić information content (AvgIpc) is 2.60. The van der Waals surface area contributed by atoms with Crippen LogP contribution in [0.15, 0.2) is 27.2 Å². The number of nitrogens with zero attached hydrogens (tertiary/aromatic N) is 1. The van der Waals surface area contributed by atoms with Crippen LogP contribution in [-0.4, -0.2) is 5.16 Å². The number of anilines is 1. The van der Waals surface area contributed by atoms with Crippen molar-refractivity contribution in [3.05, 3.63) is 33.3 Å². The first-order valence-corrected chi connectivity index (χ1v) is 6.85. The van der Waals surface area contributed by atoms with Crippen molar-refractivity contribution in [2.45, 2.75) is 20.3 Å². The first-order chi connectivity index (χ1) is 8.49. The lowest BCUT2D eigenvalue weighted by Gasteiger charge is -2.07. The Hall–Kier alpha value is -1.000. The van der Waals surface area contributed by atoms with E-state index in [0.29, 0.717) is 22.5 Å². The van der Waals surface area contributed by atoms with Crippen LogP contribution in [0.3, 0.4) is 0 Å². The van der Waals surface area contributed by atoms with Crippen LogP contribution >= 0.6 is 27.5 Å². The third-order valence-corrected chi connectivity index (χ3v) is 3.50. The van der Waals surface area contributed by atoms with E-state index in [1.54, 1.807) is 0 Å². The second kappa shape index (κ2) is 5.33. The summed E-state index contributed by atoms with van der Waals surface area (Å²) >= 11 is 9.41.